The zero-order valence-electron chi connectivity index (χ0n) is 19.7. The number of benzene rings is 3. The van der Waals surface area contributed by atoms with Crippen molar-refractivity contribution < 1.29 is 14.3 Å². The first-order chi connectivity index (χ1) is 16.9. The summed E-state index contributed by atoms with van der Waals surface area (Å²) in [6.07, 6.45) is 0. The molecule has 2 amide bonds. The van der Waals surface area contributed by atoms with Crippen LogP contribution < -0.4 is 20.9 Å². The number of para-hydroxylation sites is 2. The van der Waals surface area contributed by atoms with Crippen molar-refractivity contribution in [1.82, 2.24) is 9.78 Å². The van der Waals surface area contributed by atoms with Gasteiger partial charge in [-0.2, -0.15) is 5.10 Å². The Balaban J connectivity index is 1.55. The molecule has 1 heterocycles. The van der Waals surface area contributed by atoms with Crippen molar-refractivity contribution in [3.05, 3.63) is 94.4 Å². The van der Waals surface area contributed by atoms with Gasteiger partial charge in [0.05, 0.1) is 18.2 Å². The highest BCUT2D eigenvalue weighted by atomic mass is 16.5. The summed E-state index contributed by atoms with van der Waals surface area (Å²) in [5.74, 6) is 0.000751. The fraction of sp³-hybridized carbons (Fsp3) is 0.185. The van der Waals surface area contributed by atoms with E-state index in [1.807, 2.05) is 19.9 Å². The molecule has 8 heteroatoms. The molecule has 0 atom stereocenters. The Morgan fingerprint density at radius 1 is 0.886 bits per heavy atom. The first-order valence-electron chi connectivity index (χ1n) is 11.2. The minimum absolute atomic E-state index is 0.166. The van der Waals surface area contributed by atoms with E-state index in [-0.39, 0.29) is 23.1 Å². The summed E-state index contributed by atoms with van der Waals surface area (Å²) in [4.78, 5) is 38.6. The summed E-state index contributed by atoms with van der Waals surface area (Å²) >= 11 is 0. The normalized spacial score (nSPS) is 10.9. The molecule has 35 heavy (non-hydrogen) atoms. The zero-order valence-corrected chi connectivity index (χ0v) is 19.7. The van der Waals surface area contributed by atoms with Crippen LogP contribution in [0.1, 0.15) is 34.7 Å². The Bertz CT molecular complexity index is 1440. The summed E-state index contributed by atoms with van der Waals surface area (Å²) in [6.45, 7) is 4.36. The lowest BCUT2D eigenvalue weighted by atomic mass is 10.1. The summed E-state index contributed by atoms with van der Waals surface area (Å²) in [5, 5.41) is 10.9. The van der Waals surface area contributed by atoms with Gasteiger partial charge in [0, 0.05) is 23.2 Å². The molecule has 0 spiro atoms. The van der Waals surface area contributed by atoms with Gasteiger partial charge in [-0.25, -0.2) is 4.68 Å². The topological polar surface area (TPSA) is 102 Å². The summed E-state index contributed by atoms with van der Waals surface area (Å²) in [7, 11) is 1.54. The quantitative estimate of drug-likeness (QED) is 0.412. The van der Waals surface area contributed by atoms with Gasteiger partial charge < -0.3 is 15.4 Å². The average molecular weight is 471 g/mol. The number of hydrogen-bond acceptors (Lipinski definition) is 5. The second-order valence-corrected chi connectivity index (χ2v) is 8.46. The van der Waals surface area contributed by atoms with E-state index in [1.165, 1.54) is 11.8 Å². The second kappa shape index (κ2) is 10.2. The number of fused-ring (bicyclic) bond motifs is 1. The summed E-state index contributed by atoms with van der Waals surface area (Å²) in [5.41, 5.74) is 1.42. The van der Waals surface area contributed by atoms with Crippen molar-refractivity contribution in [2.75, 3.05) is 17.7 Å². The predicted octanol–water partition coefficient (Wildman–Crippen LogP) is 4.57. The van der Waals surface area contributed by atoms with Gasteiger partial charge in [-0.15, -0.1) is 0 Å². The lowest BCUT2D eigenvalue weighted by Crippen LogP contribution is -2.29. The van der Waals surface area contributed by atoms with Crippen molar-refractivity contribution in [3.63, 3.8) is 0 Å². The molecule has 0 saturated heterocycles. The molecule has 8 nitrogen and oxygen atoms in total. The average Bonchev–Trinajstić information content (AvgIpc) is 2.86. The number of rotatable bonds is 7. The van der Waals surface area contributed by atoms with E-state index >= 15 is 0 Å². The molecule has 0 saturated carbocycles. The van der Waals surface area contributed by atoms with Gasteiger partial charge in [0.25, 0.3) is 17.4 Å². The zero-order chi connectivity index (χ0) is 24.9. The maximum absolute atomic E-state index is 13.1. The molecule has 1 aromatic heterocycles. The number of hydrogen-bond donors (Lipinski definition) is 2. The second-order valence-electron chi connectivity index (χ2n) is 8.46. The highest BCUT2D eigenvalue weighted by molar-refractivity contribution is 6.11. The van der Waals surface area contributed by atoms with Crippen molar-refractivity contribution in [2.45, 2.75) is 20.4 Å². The van der Waals surface area contributed by atoms with E-state index in [4.69, 9.17) is 4.74 Å². The highest BCUT2D eigenvalue weighted by Gasteiger charge is 2.18. The van der Waals surface area contributed by atoms with Gasteiger partial charge in [-0.1, -0.05) is 44.2 Å². The number of aromatic nitrogens is 2. The Hall–Kier alpha value is -4.46. The van der Waals surface area contributed by atoms with Crippen LogP contribution in [0.3, 0.4) is 0 Å². The fourth-order valence-electron chi connectivity index (χ4n) is 3.71. The molecule has 178 valence electrons. The van der Waals surface area contributed by atoms with Gasteiger partial charge >= 0.3 is 0 Å². The molecule has 3 aromatic carbocycles. The molecule has 0 aliphatic heterocycles. The predicted molar refractivity (Wildman–Crippen MR) is 136 cm³/mol. The number of nitrogens with one attached hydrogen (secondary N) is 2. The number of carbonyl (C=O) groups is 2. The number of carbonyl (C=O) groups excluding carboxylic acids is 2. The number of methoxy groups -OCH3 is 1. The van der Waals surface area contributed by atoms with Crippen molar-refractivity contribution in [2.24, 2.45) is 5.92 Å². The fourth-order valence-corrected chi connectivity index (χ4v) is 3.71. The SMILES string of the molecule is COc1ccccc1NC(=O)c1ccc(NC(=O)c2nn(CC(C)C)c(=O)c3ccccc23)cc1. The molecule has 4 aromatic rings. The lowest BCUT2D eigenvalue weighted by Gasteiger charge is -2.13. The van der Waals surface area contributed by atoms with Crippen LogP contribution in [-0.2, 0) is 6.54 Å². The van der Waals surface area contributed by atoms with Crippen LogP contribution in [0.25, 0.3) is 10.8 Å². The van der Waals surface area contributed by atoms with Crippen LogP contribution in [0.5, 0.6) is 5.75 Å². The maximum atomic E-state index is 13.1. The largest absolute Gasteiger partial charge is 0.495 e. The van der Waals surface area contributed by atoms with E-state index in [0.29, 0.717) is 40.0 Å². The standard InChI is InChI=1S/C27H26N4O4/c1-17(2)16-31-27(34)21-9-5-4-8-20(21)24(30-31)26(33)28-19-14-12-18(13-15-19)25(32)29-22-10-6-7-11-23(22)35-3/h4-15,17H,16H2,1-3H3,(H,28,33)(H,29,32). The van der Waals surface area contributed by atoms with Gasteiger partial charge in [0.15, 0.2) is 5.69 Å². The van der Waals surface area contributed by atoms with Gasteiger partial charge in [0.1, 0.15) is 5.75 Å². The van der Waals surface area contributed by atoms with Gasteiger partial charge in [-0.05, 0) is 48.4 Å². The minimum atomic E-state index is -0.440. The smallest absolute Gasteiger partial charge is 0.276 e. The third kappa shape index (κ3) is 5.22. The van der Waals surface area contributed by atoms with E-state index in [1.54, 1.807) is 66.7 Å². The molecule has 2 N–H and O–H groups in total. The van der Waals surface area contributed by atoms with Crippen molar-refractivity contribution in [3.8, 4) is 5.75 Å². The third-order valence-corrected chi connectivity index (χ3v) is 5.38. The molecule has 0 fully saturated rings. The summed E-state index contributed by atoms with van der Waals surface area (Å²) in [6, 6.07) is 20.6. The van der Waals surface area contributed by atoms with E-state index in [9.17, 15) is 14.4 Å². The minimum Gasteiger partial charge on any atom is -0.495 e. The number of amides is 2. The van der Waals surface area contributed by atoms with Crippen LogP contribution in [0, 0.1) is 5.92 Å². The van der Waals surface area contributed by atoms with Crippen LogP contribution in [0.4, 0.5) is 11.4 Å². The maximum Gasteiger partial charge on any atom is 0.276 e. The van der Waals surface area contributed by atoms with Gasteiger partial charge in [0.2, 0.25) is 0 Å². The number of nitrogens with zero attached hydrogens (tertiary/aromatic N) is 2. The third-order valence-electron chi connectivity index (χ3n) is 5.38. The number of ether oxygens (including phenoxy) is 1. The van der Waals surface area contributed by atoms with Crippen molar-refractivity contribution in [1.29, 1.82) is 0 Å². The van der Waals surface area contributed by atoms with E-state index in [0.717, 1.165) is 0 Å². The molecule has 0 unspecified atom stereocenters. The Morgan fingerprint density at radius 3 is 2.23 bits per heavy atom. The Kier molecular flexibility index (Phi) is 6.91. The van der Waals surface area contributed by atoms with E-state index < -0.39 is 5.91 Å². The monoisotopic (exact) mass is 470 g/mol. The molecule has 0 radical (unpaired) electrons. The molecule has 0 aliphatic carbocycles. The highest BCUT2D eigenvalue weighted by Crippen LogP contribution is 2.24. The first-order valence-corrected chi connectivity index (χ1v) is 11.2. The van der Waals surface area contributed by atoms with Crippen LogP contribution in [0.2, 0.25) is 0 Å². The van der Waals surface area contributed by atoms with Crippen LogP contribution >= 0.6 is 0 Å². The first kappa shape index (κ1) is 23.7. The summed E-state index contributed by atoms with van der Waals surface area (Å²) < 4.78 is 6.61. The number of anilines is 2. The van der Waals surface area contributed by atoms with Crippen LogP contribution in [0.15, 0.2) is 77.6 Å². The molecular weight excluding hydrogens is 444 g/mol. The molecular formula is C27H26N4O4. The van der Waals surface area contributed by atoms with E-state index in [2.05, 4.69) is 15.7 Å². The van der Waals surface area contributed by atoms with Gasteiger partial charge in [-0.3, -0.25) is 14.4 Å². The van der Waals surface area contributed by atoms with Crippen LogP contribution in [-0.4, -0.2) is 28.7 Å². The molecule has 4 rings (SSSR count). The van der Waals surface area contributed by atoms with Crippen molar-refractivity contribution >= 4 is 34.0 Å². The Morgan fingerprint density at radius 2 is 1.54 bits per heavy atom. The molecule has 0 aliphatic rings. The lowest BCUT2D eigenvalue weighted by molar-refractivity contribution is 0.101. The Labute approximate surface area is 202 Å². The molecule has 0 bridgehead atoms.